The van der Waals surface area contributed by atoms with Gasteiger partial charge in [-0.15, -0.1) is 11.3 Å². The van der Waals surface area contributed by atoms with Gasteiger partial charge in [-0.3, -0.25) is 9.59 Å². The van der Waals surface area contributed by atoms with Crippen LogP contribution in [0, 0.1) is 19.7 Å². The number of benzene rings is 1. The molecule has 1 aromatic carbocycles. The molecule has 0 aliphatic rings. The molecule has 2 heterocycles. The molecule has 0 spiro atoms. The standard InChI is InChI=1S/C20H17F3N4O2S/c1-10-5-14(21)13(7-15(10)26-20(29)16-9-24-11(2)30-16)19(28)27-18-4-3-12(8-25-18)6-17(22)23/h3-5,7-9,17H,6H2,1-2H3,(H,26,29)(H,25,27,28). The summed E-state index contributed by atoms with van der Waals surface area (Å²) in [6.45, 7) is 3.36. The number of hydrogen-bond donors (Lipinski definition) is 2. The minimum absolute atomic E-state index is 0.0868. The van der Waals surface area contributed by atoms with Crippen LogP contribution in [0.4, 0.5) is 24.7 Å². The number of rotatable bonds is 6. The molecular weight excluding hydrogens is 417 g/mol. The van der Waals surface area contributed by atoms with Crippen LogP contribution >= 0.6 is 11.3 Å². The molecule has 0 unspecified atom stereocenters. The summed E-state index contributed by atoms with van der Waals surface area (Å²) >= 11 is 1.21. The lowest BCUT2D eigenvalue weighted by Gasteiger charge is -2.12. The predicted octanol–water partition coefficient (Wildman–Crippen LogP) is 4.61. The number of anilines is 2. The van der Waals surface area contributed by atoms with Gasteiger partial charge in [0, 0.05) is 18.3 Å². The van der Waals surface area contributed by atoms with Crippen LogP contribution in [0.15, 0.2) is 36.7 Å². The van der Waals surface area contributed by atoms with Crippen molar-refractivity contribution >= 4 is 34.7 Å². The molecule has 0 saturated carbocycles. The van der Waals surface area contributed by atoms with Crippen LogP contribution < -0.4 is 10.6 Å². The molecule has 0 bridgehead atoms. The molecule has 0 radical (unpaired) electrons. The van der Waals surface area contributed by atoms with Crippen molar-refractivity contribution in [2.75, 3.05) is 10.6 Å². The van der Waals surface area contributed by atoms with E-state index in [2.05, 4.69) is 20.6 Å². The zero-order chi connectivity index (χ0) is 21.8. The highest BCUT2D eigenvalue weighted by Gasteiger charge is 2.18. The van der Waals surface area contributed by atoms with E-state index in [0.717, 1.165) is 11.1 Å². The van der Waals surface area contributed by atoms with Gasteiger partial charge in [-0.05, 0) is 43.2 Å². The first kappa shape index (κ1) is 21.4. The van der Waals surface area contributed by atoms with E-state index in [1.807, 2.05) is 0 Å². The van der Waals surface area contributed by atoms with E-state index in [-0.39, 0.29) is 17.1 Å². The summed E-state index contributed by atoms with van der Waals surface area (Å²) in [7, 11) is 0. The van der Waals surface area contributed by atoms with Crippen LogP contribution in [0.25, 0.3) is 0 Å². The monoisotopic (exact) mass is 434 g/mol. The van der Waals surface area contributed by atoms with Gasteiger partial charge in [-0.25, -0.2) is 23.1 Å². The second kappa shape index (κ2) is 9.04. The van der Waals surface area contributed by atoms with Crippen molar-refractivity contribution in [3.8, 4) is 0 Å². The van der Waals surface area contributed by atoms with E-state index in [1.54, 1.807) is 13.8 Å². The van der Waals surface area contributed by atoms with Gasteiger partial charge in [0.1, 0.15) is 16.5 Å². The summed E-state index contributed by atoms with van der Waals surface area (Å²) in [5, 5.41) is 5.79. The van der Waals surface area contributed by atoms with E-state index in [0.29, 0.717) is 16.0 Å². The van der Waals surface area contributed by atoms with Crippen LogP contribution in [0.5, 0.6) is 0 Å². The molecule has 2 amide bonds. The van der Waals surface area contributed by atoms with Crippen LogP contribution in [-0.2, 0) is 6.42 Å². The Balaban J connectivity index is 1.77. The molecule has 6 nitrogen and oxygen atoms in total. The Morgan fingerprint density at radius 1 is 1.07 bits per heavy atom. The smallest absolute Gasteiger partial charge is 0.267 e. The molecule has 0 atom stereocenters. The molecule has 156 valence electrons. The van der Waals surface area contributed by atoms with Crippen molar-refractivity contribution in [3.63, 3.8) is 0 Å². The minimum atomic E-state index is -2.50. The molecule has 2 N–H and O–H groups in total. The van der Waals surface area contributed by atoms with Crippen molar-refractivity contribution in [2.45, 2.75) is 26.7 Å². The summed E-state index contributed by atoms with van der Waals surface area (Å²) in [5.74, 6) is -1.89. The number of alkyl halides is 2. The number of nitrogens with zero attached hydrogens (tertiary/aromatic N) is 2. The van der Waals surface area contributed by atoms with Gasteiger partial charge < -0.3 is 10.6 Å². The van der Waals surface area contributed by atoms with Gasteiger partial charge in [-0.1, -0.05) is 6.07 Å². The number of pyridine rings is 1. The highest BCUT2D eigenvalue weighted by Crippen LogP contribution is 2.23. The number of carbonyl (C=O) groups excluding carboxylic acids is 2. The lowest BCUT2D eigenvalue weighted by Crippen LogP contribution is -2.17. The van der Waals surface area contributed by atoms with Gasteiger partial charge in [-0.2, -0.15) is 0 Å². The van der Waals surface area contributed by atoms with Crippen molar-refractivity contribution in [3.05, 3.63) is 69.1 Å². The molecule has 10 heteroatoms. The summed E-state index contributed by atoms with van der Waals surface area (Å²) in [6, 6.07) is 5.14. The predicted molar refractivity (Wildman–Crippen MR) is 108 cm³/mol. The maximum Gasteiger partial charge on any atom is 0.267 e. The Labute approximate surface area is 174 Å². The third kappa shape index (κ3) is 5.20. The second-order valence-electron chi connectivity index (χ2n) is 6.45. The number of carbonyl (C=O) groups is 2. The van der Waals surface area contributed by atoms with E-state index in [4.69, 9.17) is 0 Å². The number of thiazole rings is 1. The molecule has 3 rings (SSSR count). The van der Waals surface area contributed by atoms with E-state index in [1.165, 1.54) is 41.9 Å². The van der Waals surface area contributed by atoms with Gasteiger partial charge in [0.2, 0.25) is 6.43 Å². The molecular formula is C20H17F3N4O2S. The largest absolute Gasteiger partial charge is 0.321 e. The normalized spacial score (nSPS) is 10.9. The quantitative estimate of drug-likeness (QED) is 0.594. The van der Waals surface area contributed by atoms with Crippen molar-refractivity contribution in [1.82, 2.24) is 9.97 Å². The number of aromatic nitrogens is 2. The van der Waals surface area contributed by atoms with Gasteiger partial charge in [0.05, 0.1) is 16.8 Å². The van der Waals surface area contributed by atoms with Crippen molar-refractivity contribution in [2.24, 2.45) is 0 Å². The third-order valence-electron chi connectivity index (χ3n) is 4.11. The van der Waals surface area contributed by atoms with Gasteiger partial charge in [0.15, 0.2) is 0 Å². The average molecular weight is 434 g/mol. The first-order valence-electron chi connectivity index (χ1n) is 8.81. The Hall–Kier alpha value is -3.27. The summed E-state index contributed by atoms with van der Waals surface area (Å²) in [6.07, 6.45) is -0.298. The number of aryl methyl sites for hydroxylation is 2. The van der Waals surface area contributed by atoms with Gasteiger partial charge in [0.25, 0.3) is 11.8 Å². The van der Waals surface area contributed by atoms with Crippen LogP contribution in [0.1, 0.15) is 36.2 Å². The molecule has 0 aliphatic carbocycles. The van der Waals surface area contributed by atoms with E-state index in [9.17, 15) is 22.8 Å². The Morgan fingerprint density at radius 2 is 1.83 bits per heavy atom. The highest BCUT2D eigenvalue weighted by atomic mass is 32.1. The molecule has 2 aromatic heterocycles. The minimum Gasteiger partial charge on any atom is -0.321 e. The van der Waals surface area contributed by atoms with Crippen molar-refractivity contribution < 1.29 is 22.8 Å². The lowest BCUT2D eigenvalue weighted by atomic mass is 10.1. The van der Waals surface area contributed by atoms with E-state index >= 15 is 0 Å². The molecule has 0 saturated heterocycles. The summed E-state index contributed by atoms with van der Waals surface area (Å²) in [5.41, 5.74) is 0.730. The van der Waals surface area contributed by atoms with Crippen LogP contribution in [0.3, 0.4) is 0 Å². The van der Waals surface area contributed by atoms with Crippen molar-refractivity contribution in [1.29, 1.82) is 0 Å². The maximum atomic E-state index is 14.4. The third-order valence-corrected chi connectivity index (χ3v) is 5.02. The summed E-state index contributed by atoms with van der Waals surface area (Å²) in [4.78, 5) is 33.1. The maximum absolute atomic E-state index is 14.4. The zero-order valence-electron chi connectivity index (χ0n) is 16.0. The number of amides is 2. The first-order chi connectivity index (χ1) is 14.2. The summed E-state index contributed by atoms with van der Waals surface area (Å²) < 4.78 is 39.2. The Morgan fingerprint density at radius 3 is 2.43 bits per heavy atom. The number of halogens is 3. The highest BCUT2D eigenvalue weighted by molar-refractivity contribution is 7.13. The Kier molecular flexibility index (Phi) is 6.46. The zero-order valence-corrected chi connectivity index (χ0v) is 16.8. The topological polar surface area (TPSA) is 84.0 Å². The van der Waals surface area contributed by atoms with Crippen LogP contribution in [-0.4, -0.2) is 28.2 Å². The Bertz CT molecular complexity index is 1080. The molecule has 0 aliphatic heterocycles. The lowest BCUT2D eigenvalue weighted by molar-refractivity contribution is 0.101. The molecule has 30 heavy (non-hydrogen) atoms. The average Bonchev–Trinajstić information content (AvgIpc) is 3.11. The first-order valence-corrected chi connectivity index (χ1v) is 9.63. The molecule has 3 aromatic rings. The SMILES string of the molecule is Cc1ncc(C(=O)Nc2cc(C(=O)Nc3ccc(CC(F)F)cn3)c(F)cc2C)s1. The fourth-order valence-corrected chi connectivity index (χ4v) is 3.29. The number of hydrogen-bond acceptors (Lipinski definition) is 5. The van der Waals surface area contributed by atoms with Crippen LogP contribution in [0.2, 0.25) is 0 Å². The number of nitrogens with one attached hydrogen (secondary N) is 2. The fourth-order valence-electron chi connectivity index (χ4n) is 2.61. The fraction of sp³-hybridized carbons (Fsp3) is 0.200. The van der Waals surface area contributed by atoms with Gasteiger partial charge >= 0.3 is 0 Å². The van der Waals surface area contributed by atoms with E-state index < -0.39 is 30.5 Å². The molecule has 0 fully saturated rings. The second-order valence-corrected chi connectivity index (χ2v) is 7.68.